The minimum atomic E-state index is -4.10. The summed E-state index contributed by atoms with van der Waals surface area (Å²) in [6, 6.07) is 9.52. The van der Waals surface area contributed by atoms with Gasteiger partial charge < -0.3 is 4.74 Å². The first-order valence-electron chi connectivity index (χ1n) is 12.4. The second kappa shape index (κ2) is 10.2. The Bertz CT molecular complexity index is 907. The summed E-state index contributed by atoms with van der Waals surface area (Å²) < 4.78 is 63.5. The van der Waals surface area contributed by atoms with Gasteiger partial charge in [-0.25, -0.2) is 8.78 Å². The maximum absolute atomic E-state index is 14.8. The summed E-state index contributed by atoms with van der Waals surface area (Å²) in [5.41, 5.74) is 0.0338. The van der Waals surface area contributed by atoms with E-state index in [0.29, 0.717) is 11.5 Å². The summed E-state index contributed by atoms with van der Waals surface area (Å²) in [4.78, 5) is 0. The van der Waals surface area contributed by atoms with Crippen molar-refractivity contribution in [3.8, 4) is 5.75 Å². The van der Waals surface area contributed by atoms with Gasteiger partial charge in [-0.2, -0.15) is 8.78 Å². The van der Waals surface area contributed by atoms with Crippen molar-refractivity contribution in [2.24, 2.45) is 17.8 Å². The zero-order chi connectivity index (χ0) is 23.6. The Morgan fingerprint density at radius 2 is 1.36 bits per heavy atom. The van der Waals surface area contributed by atoms with Crippen LogP contribution in [0.3, 0.4) is 0 Å². The van der Waals surface area contributed by atoms with Gasteiger partial charge in [-0.3, -0.25) is 0 Å². The fourth-order valence-corrected chi connectivity index (χ4v) is 6.72. The minimum absolute atomic E-state index is 0.0175. The number of benzene rings is 2. The van der Waals surface area contributed by atoms with Gasteiger partial charge >= 0.3 is 6.11 Å². The highest BCUT2D eigenvalue weighted by molar-refractivity contribution is 6.08. The van der Waals surface area contributed by atoms with Gasteiger partial charge in [-0.15, -0.1) is 0 Å². The minimum Gasteiger partial charge on any atom is -0.429 e. The van der Waals surface area contributed by atoms with Gasteiger partial charge in [0.1, 0.15) is 22.9 Å². The number of ether oxygens (including phenoxy) is 1. The van der Waals surface area contributed by atoms with E-state index in [2.05, 4.69) is 4.74 Å². The third-order valence-corrected chi connectivity index (χ3v) is 9.16. The molecule has 0 aliphatic heterocycles. The first-order valence-corrected chi connectivity index (χ1v) is 13.8. The first-order chi connectivity index (χ1) is 15.8. The number of rotatable bonds is 6. The highest BCUT2D eigenvalue weighted by Crippen LogP contribution is 2.45. The van der Waals surface area contributed by atoms with Crippen molar-refractivity contribution in [2.75, 3.05) is 0 Å². The van der Waals surface area contributed by atoms with Gasteiger partial charge in [0.25, 0.3) is 0 Å². The molecule has 0 heterocycles. The molecule has 0 atom stereocenters. The lowest BCUT2D eigenvalue weighted by Crippen LogP contribution is -2.26. The Morgan fingerprint density at radius 1 is 0.848 bits per heavy atom. The van der Waals surface area contributed by atoms with Crippen molar-refractivity contribution >= 4 is 10.2 Å². The molecule has 0 N–H and O–H groups in total. The zero-order valence-electron chi connectivity index (χ0n) is 19.6. The molecule has 2 aliphatic rings. The molecule has 0 spiro atoms. The van der Waals surface area contributed by atoms with Gasteiger partial charge in [0.15, 0.2) is 0 Å². The number of hydrogen-bond acceptors (Lipinski definition) is 1. The highest BCUT2D eigenvalue weighted by Gasteiger charge is 2.41. The van der Waals surface area contributed by atoms with E-state index in [9.17, 15) is 17.6 Å². The van der Waals surface area contributed by atoms with Crippen molar-refractivity contribution in [3.63, 3.8) is 0 Å². The van der Waals surface area contributed by atoms with E-state index in [4.69, 9.17) is 0 Å². The lowest BCUT2D eigenvalue weighted by Gasteiger charge is -2.38. The first kappa shape index (κ1) is 24.3. The maximum atomic E-state index is 14.8. The number of aryl methyl sites for hydroxylation is 1. The molecule has 1 nitrogen and oxygen atoms in total. The van der Waals surface area contributed by atoms with Crippen molar-refractivity contribution in [1.82, 2.24) is 0 Å². The van der Waals surface area contributed by atoms with Crippen LogP contribution in [0.25, 0.3) is 0 Å². The quantitative estimate of drug-likeness (QED) is 0.313. The molecule has 0 unspecified atom stereocenters. The molecule has 0 radical (unpaired) electrons. The largest absolute Gasteiger partial charge is 0.432 e. The zero-order valence-corrected chi connectivity index (χ0v) is 21.6. The third kappa shape index (κ3) is 5.64. The van der Waals surface area contributed by atoms with Crippen LogP contribution < -0.4 is 4.74 Å². The third-order valence-electron chi connectivity index (χ3n) is 8.00. The lowest BCUT2D eigenvalue weighted by molar-refractivity contribution is -0.189. The molecular formula is C27H34F4OSi. The molecule has 0 amide bonds. The Morgan fingerprint density at radius 3 is 1.88 bits per heavy atom. The Labute approximate surface area is 197 Å². The van der Waals surface area contributed by atoms with Crippen LogP contribution in [0.2, 0.25) is 6.04 Å². The summed E-state index contributed by atoms with van der Waals surface area (Å²) >= 11 is 0. The van der Waals surface area contributed by atoms with Crippen molar-refractivity contribution in [3.05, 3.63) is 64.7 Å². The topological polar surface area (TPSA) is 9.23 Å². The Kier molecular flexibility index (Phi) is 7.52. The standard InChI is InChI=1S/C27H34F4OSi/c1-17-2-12-23(13-3-17)32-27(30,31)26-24(28)14-22(15-25(26)29)21-10-8-20(9-11-21)19-6-4-18(16-33)5-7-19/h2-3,12-15,18-21H,4-11,16H2,1,33H3. The number of hydrogen-bond donors (Lipinski definition) is 0. The predicted octanol–water partition coefficient (Wildman–Crippen LogP) is 7.27. The molecule has 0 saturated heterocycles. The van der Waals surface area contributed by atoms with E-state index in [1.54, 1.807) is 12.1 Å². The monoisotopic (exact) mass is 478 g/mol. The van der Waals surface area contributed by atoms with Crippen LogP contribution in [0.15, 0.2) is 36.4 Å². The molecule has 6 heteroatoms. The average molecular weight is 479 g/mol. The maximum Gasteiger partial charge on any atom is 0.432 e. The normalized spacial score (nSPS) is 26.3. The molecule has 33 heavy (non-hydrogen) atoms. The molecule has 0 aromatic heterocycles. The van der Waals surface area contributed by atoms with Crippen molar-refractivity contribution in [2.45, 2.75) is 76.4 Å². The molecule has 0 bridgehead atoms. The van der Waals surface area contributed by atoms with Gasteiger partial charge in [-0.1, -0.05) is 36.6 Å². The fraction of sp³-hybridized carbons (Fsp3) is 0.556. The molecule has 4 rings (SSSR count). The van der Waals surface area contributed by atoms with E-state index in [1.165, 1.54) is 54.1 Å². The molecule has 2 aliphatic carbocycles. The van der Waals surface area contributed by atoms with E-state index in [-0.39, 0.29) is 11.7 Å². The van der Waals surface area contributed by atoms with Crippen LogP contribution in [0.1, 0.15) is 74.0 Å². The van der Waals surface area contributed by atoms with E-state index >= 15 is 0 Å². The fourth-order valence-electron chi connectivity index (χ4n) is 5.90. The Balaban J connectivity index is 1.41. The van der Waals surface area contributed by atoms with Gasteiger partial charge in [0.05, 0.1) is 0 Å². The summed E-state index contributed by atoms with van der Waals surface area (Å²) in [6.07, 6.45) is 5.07. The molecular weight excluding hydrogens is 444 g/mol. The molecule has 2 aromatic rings. The average Bonchev–Trinajstić information content (AvgIpc) is 2.80. The smallest absolute Gasteiger partial charge is 0.429 e. The van der Waals surface area contributed by atoms with Crippen LogP contribution in [-0.2, 0) is 6.11 Å². The molecule has 2 saturated carbocycles. The van der Waals surface area contributed by atoms with Crippen LogP contribution in [0.4, 0.5) is 17.6 Å². The van der Waals surface area contributed by atoms with E-state index in [1.807, 2.05) is 6.92 Å². The number of halogens is 4. The van der Waals surface area contributed by atoms with Crippen LogP contribution in [-0.4, -0.2) is 10.2 Å². The van der Waals surface area contributed by atoms with Crippen LogP contribution >= 0.6 is 0 Å². The van der Waals surface area contributed by atoms with E-state index < -0.39 is 23.3 Å². The Hall–Kier alpha value is -1.82. The second-order valence-corrected chi connectivity index (χ2v) is 10.9. The SMILES string of the molecule is Cc1ccc(OC(F)(F)c2c(F)cc(C3CCC(C4CCC(C[SiH3])CC4)CC3)cc2F)cc1. The summed E-state index contributed by atoms with van der Waals surface area (Å²) in [6.45, 7) is 1.81. The summed E-state index contributed by atoms with van der Waals surface area (Å²) in [7, 11) is 1.29. The van der Waals surface area contributed by atoms with Gasteiger partial charge in [-0.05, 0) is 98.9 Å². The number of alkyl halides is 2. The van der Waals surface area contributed by atoms with E-state index in [0.717, 1.165) is 55.2 Å². The van der Waals surface area contributed by atoms with Crippen molar-refractivity contribution in [1.29, 1.82) is 0 Å². The van der Waals surface area contributed by atoms with Crippen LogP contribution in [0.5, 0.6) is 5.75 Å². The molecule has 2 aromatic carbocycles. The lowest BCUT2D eigenvalue weighted by atomic mass is 9.68. The molecule has 180 valence electrons. The molecule has 2 fully saturated rings. The highest BCUT2D eigenvalue weighted by atomic mass is 28.1. The van der Waals surface area contributed by atoms with Crippen LogP contribution in [0, 0.1) is 36.3 Å². The van der Waals surface area contributed by atoms with Gasteiger partial charge in [0.2, 0.25) is 0 Å². The second-order valence-electron chi connectivity index (χ2n) is 10.1. The summed E-state index contributed by atoms with van der Waals surface area (Å²) in [5.74, 6) is -0.203. The van der Waals surface area contributed by atoms with Crippen molar-refractivity contribution < 1.29 is 22.3 Å². The summed E-state index contributed by atoms with van der Waals surface area (Å²) in [5, 5.41) is 0. The van der Waals surface area contributed by atoms with Gasteiger partial charge in [0, 0.05) is 10.2 Å². The predicted molar refractivity (Wildman–Crippen MR) is 127 cm³/mol.